The summed E-state index contributed by atoms with van der Waals surface area (Å²) >= 11 is 3.48. The lowest BCUT2D eigenvalue weighted by atomic mass is 9.73. The van der Waals surface area contributed by atoms with Gasteiger partial charge in [0.25, 0.3) is 0 Å². The van der Waals surface area contributed by atoms with E-state index in [1.54, 1.807) is 7.11 Å². The molecule has 0 saturated carbocycles. The van der Waals surface area contributed by atoms with E-state index in [0.29, 0.717) is 43.1 Å². The lowest BCUT2D eigenvalue weighted by molar-refractivity contribution is -0.131. The highest BCUT2D eigenvalue weighted by Gasteiger charge is 2.42. The summed E-state index contributed by atoms with van der Waals surface area (Å²) in [5, 5.41) is 4.13. The number of fused-ring (bicyclic) bond motifs is 1. The second-order valence-corrected chi connectivity index (χ2v) is 8.34. The summed E-state index contributed by atoms with van der Waals surface area (Å²) in [7, 11) is 1.62. The van der Waals surface area contributed by atoms with Crippen molar-refractivity contribution in [2.45, 2.75) is 31.2 Å². The van der Waals surface area contributed by atoms with Crippen LogP contribution in [0.1, 0.15) is 37.1 Å². The van der Waals surface area contributed by atoms with E-state index in [1.165, 1.54) is 0 Å². The maximum atomic E-state index is 13.5. The van der Waals surface area contributed by atoms with Crippen LogP contribution in [0.4, 0.5) is 0 Å². The number of furan rings is 1. The average molecular weight is 458 g/mol. The Morgan fingerprint density at radius 1 is 1.17 bits per heavy atom. The molecule has 5 nitrogen and oxygen atoms in total. The predicted molar refractivity (Wildman–Crippen MR) is 115 cm³/mol. The third-order valence-electron chi connectivity index (χ3n) is 5.70. The molecule has 1 aliphatic rings. The van der Waals surface area contributed by atoms with Gasteiger partial charge >= 0.3 is 0 Å². The second-order valence-electron chi connectivity index (χ2n) is 7.42. The number of ether oxygens (including phenoxy) is 2. The van der Waals surface area contributed by atoms with Crippen LogP contribution in [0.2, 0.25) is 0 Å². The summed E-state index contributed by atoms with van der Waals surface area (Å²) in [6, 6.07) is 15.5. The summed E-state index contributed by atoms with van der Waals surface area (Å²) in [4.78, 5) is 13.5. The summed E-state index contributed by atoms with van der Waals surface area (Å²) in [6.07, 6.45) is 1.31. The van der Waals surface area contributed by atoms with Gasteiger partial charge in [-0.3, -0.25) is 4.79 Å². The van der Waals surface area contributed by atoms with Crippen molar-refractivity contribution in [1.29, 1.82) is 0 Å². The molecule has 29 heavy (non-hydrogen) atoms. The molecule has 4 rings (SSSR count). The monoisotopic (exact) mass is 457 g/mol. The maximum absolute atomic E-state index is 13.5. The molecule has 0 spiro atoms. The number of amides is 1. The maximum Gasteiger partial charge on any atom is 0.231 e. The Morgan fingerprint density at radius 3 is 2.59 bits per heavy atom. The summed E-state index contributed by atoms with van der Waals surface area (Å²) in [6.45, 7) is 3.08. The van der Waals surface area contributed by atoms with Gasteiger partial charge < -0.3 is 19.2 Å². The summed E-state index contributed by atoms with van der Waals surface area (Å²) < 4.78 is 18.0. The normalized spacial score (nSPS) is 17.1. The number of para-hydroxylation sites is 1. The van der Waals surface area contributed by atoms with E-state index in [9.17, 15) is 4.79 Å². The quantitative estimate of drug-likeness (QED) is 0.576. The molecule has 2 heterocycles. The molecule has 1 unspecified atom stereocenters. The van der Waals surface area contributed by atoms with Gasteiger partial charge in [0.05, 0.1) is 18.6 Å². The van der Waals surface area contributed by atoms with Crippen molar-refractivity contribution < 1.29 is 18.7 Å². The lowest BCUT2D eigenvalue weighted by Gasteiger charge is -2.37. The number of hydrogen-bond acceptors (Lipinski definition) is 4. The highest BCUT2D eigenvalue weighted by Crippen LogP contribution is 2.37. The summed E-state index contributed by atoms with van der Waals surface area (Å²) in [5.41, 5.74) is 1.11. The highest BCUT2D eigenvalue weighted by molar-refractivity contribution is 9.10. The third kappa shape index (κ3) is 3.79. The number of nitrogens with one attached hydrogen (secondary N) is 1. The zero-order valence-electron chi connectivity index (χ0n) is 16.5. The molecule has 3 aromatic rings. The zero-order valence-corrected chi connectivity index (χ0v) is 18.1. The van der Waals surface area contributed by atoms with Crippen LogP contribution >= 0.6 is 15.9 Å². The van der Waals surface area contributed by atoms with Crippen molar-refractivity contribution >= 4 is 32.8 Å². The first-order valence-corrected chi connectivity index (χ1v) is 10.5. The molecular formula is C23H24BrNO4. The van der Waals surface area contributed by atoms with Crippen LogP contribution in [-0.4, -0.2) is 26.2 Å². The van der Waals surface area contributed by atoms with E-state index >= 15 is 0 Å². The van der Waals surface area contributed by atoms with Crippen LogP contribution in [0, 0.1) is 0 Å². The van der Waals surface area contributed by atoms with E-state index in [4.69, 9.17) is 13.9 Å². The average Bonchev–Trinajstić information content (AvgIpc) is 3.19. The first-order valence-electron chi connectivity index (χ1n) is 9.75. The molecule has 1 amide bonds. The lowest BCUT2D eigenvalue weighted by Crippen LogP contribution is -2.48. The van der Waals surface area contributed by atoms with Gasteiger partial charge in [0, 0.05) is 23.1 Å². The number of rotatable bonds is 5. The van der Waals surface area contributed by atoms with Crippen LogP contribution in [-0.2, 0) is 14.9 Å². The minimum absolute atomic E-state index is 0.00282. The Morgan fingerprint density at radius 2 is 1.90 bits per heavy atom. The van der Waals surface area contributed by atoms with Crippen molar-refractivity contribution in [2.24, 2.45) is 0 Å². The Balaban J connectivity index is 1.61. The third-order valence-corrected chi connectivity index (χ3v) is 6.23. The predicted octanol–water partition coefficient (Wildman–Crippen LogP) is 5.13. The van der Waals surface area contributed by atoms with Crippen molar-refractivity contribution in [1.82, 2.24) is 5.32 Å². The van der Waals surface area contributed by atoms with Crippen molar-refractivity contribution in [2.75, 3.05) is 20.3 Å². The van der Waals surface area contributed by atoms with Crippen LogP contribution in [0.25, 0.3) is 11.0 Å². The standard InChI is InChI=1S/C23H24BrNO4/c1-15(20-14-16-4-3-5-19(27-2)21(16)29-20)25-22(26)23(10-12-28-13-11-23)17-6-8-18(24)9-7-17/h3-9,14-15H,10-13H2,1-2H3,(H,25,26). The number of hydrogen-bond donors (Lipinski definition) is 1. The first-order chi connectivity index (χ1) is 14.0. The smallest absolute Gasteiger partial charge is 0.231 e. The number of benzene rings is 2. The number of halogens is 1. The molecule has 0 aliphatic carbocycles. The summed E-state index contributed by atoms with van der Waals surface area (Å²) in [5.74, 6) is 1.39. The minimum atomic E-state index is -0.600. The molecule has 1 saturated heterocycles. The molecule has 1 aliphatic heterocycles. The molecule has 6 heteroatoms. The fraction of sp³-hybridized carbons (Fsp3) is 0.348. The SMILES string of the molecule is COc1cccc2cc(C(C)NC(=O)C3(c4ccc(Br)cc4)CCOCC3)oc12. The zero-order chi connectivity index (χ0) is 20.4. The van der Waals surface area contributed by atoms with E-state index in [2.05, 4.69) is 21.2 Å². The fourth-order valence-electron chi connectivity index (χ4n) is 3.97. The van der Waals surface area contributed by atoms with E-state index in [0.717, 1.165) is 15.4 Å². The van der Waals surface area contributed by atoms with Crippen LogP contribution in [0.15, 0.2) is 57.4 Å². The second kappa shape index (κ2) is 8.20. The van der Waals surface area contributed by atoms with E-state index in [-0.39, 0.29) is 11.9 Å². The Bertz CT molecular complexity index is 1010. The first kappa shape index (κ1) is 20.0. The Hall–Kier alpha value is -2.31. The van der Waals surface area contributed by atoms with Gasteiger partial charge in [-0.25, -0.2) is 0 Å². The van der Waals surface area contributed by atoms with E-state index in [1.807, 2.05) is 55.5 Å². The van der Waals surface area contributed by atoms with Gasteiger partial charge in [0.2, 0.25) is 5.91 Å². The number of carbonyl (C=O) groups excluding carboxylic acids is 1. The largest absolute Gasteiger partial charge is 0.493 e. The molecule has 1 fully saturated rings. The van der Waals surface area contributed by atoms with Gasteiger partial charge in [-0.2, -0.15) is 0 Å². The molecule has 0 radical (unpaired) electrons. The fourth-order valence-corrected chi connectivity index (χ4v) is 4.24. The van der Waals surface area contributed by atoms with Crippen molar-refractivity contribution in [3.63, 3.8) is 0 Å². The van der Waals surface area contributed by atoms with Gasteiger partial charge in [-0.05, 0) is 49.6 Å². The molecule has 0 bridgehead atoms. The van der Waals surface area contributed by atoms with Gasteiger partial charge in [-0.15, -0.1) is 0 Å². The number of carbonyl (C=O) groups is 1. The van der Waals surface area contributed by atoms with Gasteiger partial charge in [-0.1, -0.05) is 40.2 Å². The van der Waals surface area contributed by atoms with Gasteiger partial charge in [0.15, 0.2) is 11.3 Å². The molecule has 152 valence electrons. The Labute approximate surface area is 178 Å². The minimum Gasteiger partial charge on any atom is -0.493 e. The number of methoxy groups -OCH3 is 1. The van der Waals surface area contributed by atoms with Crippen LogP contribution < -0.4 is 10.1 Å². The highest BCUT2D eigenvalue weighted by atomic mass is 79.9. The van der Waals surface area contributed by atoms with E-state index < -0.39 is 5.41 Å². The van der Waals surface area contributed by atoms with Crippen molar-refractivity contribution in [3.8, 4) is 5.75 Å². The molecular weight excluding hydrogens is 434 g/mol. The van der Waals surface area contributed by atoms with Crippen LogP contribution in [0.3, 0.4) is 0 Å². The molecule has 1 N–H and O–H groups in total. The molecule has 2 aromatic carbocycles. The topological polar surface area (TPSA) is 60.7 Å². The van der Waals surface area contributed by atoms with Crippen molar-refractivity contribution in [3.05, 3.63) is 64.3 Å². The van der Waals surface area contributed by atoms with Crippen LogP contribution in [0.5, 0.6) is 5.75 Å². The molecule has 1 atom stereocenters. The Kier molecular flexibility index (Phi) is 5.65. The van der Waals surface area contributed by atoms with Gasteiger partial charge in [0.1, 0.15) is 5.76 Å². The molecule has 1 aromatic heterocycles.